The van der Waals surface area contributed by atoms with Gasteiger partial charge in [-0.1, -0.05) is 15.9 Å². The monoisotopic (exact) mass is 302 g/mol. The molecule has 1 unspecified atom stereocenters. The molecule has 0 aromatic heterocycles. The van der Waals surface area contributed by atoms with Crippen molar-refractivity contribution >= 4 is 21.8 Å². The van der Waals surface area contributed by atoms with Crippen molar-refractivity contribution in [2.75, 3.05) is 6.54 Å². The van der Waals surface area contributed by atoms with Crippen LogP contribution in [0.15, 0.2) is 22.7 Å². The summed E-state index contributed by atoms with van der Waals surface area (Å²) in [6, 6.07) is 4.37. The third-order valence-electron chi connectivity index (χ3n) is 2.28. The molecule has 3 nitrogen and oxygen atoms in total. The Kier molecular flexibility index (Phi) is 5.58. The summed E-state index contributed by atoms with van der Waals surface area (Å²) in [5, 5.41) is 5.76. The zero-order valence-electron chi connectivity index (χ0n) is 9.89. The van der Waals surface area contributed by atoms with Gasteiger partial charge in [0, 0.05) is 17.6 Å². The van der Waals surface area contributed by atoms with Gasteiger partial charge in [-0.15, -0.1) is 0 Å². The number of amides is 1. The van der Waals surface area contributed by atoms with Crippen molar-refractivity contribution in [3.05, 3.63) is 34.1 Å². The third-order valence-corrected chi connectivity index (χ3v) is 2.74. The van der Waals surface area contributed by atoms with E-state index in [0.29, 0.717) is 17.6 Å². The van der Waals surface area contributed by atoms with Crippen molar-refractivity contribution in [2.45, 2.75) is 26.4 Å². The van der Waals surface area contributed by atoms with E-state index in [1.165, 1.54) is 12.1 Å². The van der Waals surface area contributed by atoms with Gasteiger partial charge in [0.05, 0.1) is 6.04 Å². The highest BCUT2D eigenvalue weighted by Crippen LogP contribution is 2.14. The summed E-state index contributed by atoms with van der Waals surface area (Å²) in [5.41, 5.74) is 0.799. The minimum Gasteiger partial charge on any atom is -0.355 e. The molecule has 1 atom stereocenters. The van der Waals surface area contributed by atoms with Gasteiger partial charge >= 0.3 is 0 Å². The molecule has 0 bridgehead atoms. The quantitative estimate of drug-likeness (QED) is 0.875. The third kappa shape index (κ3) is 4.83. The summed E-state index contributed by atoms with van der Waals surface area (Å²) >= 11 is 3.23. The average Bonchev–Trinajstić information content (AvgIpc) is 2.25. The highest BCUT2D eigenvalue weighted by Gasteiger charge is 2.10. The van der Waals surface area contributed by atoms with Crippen LogP contribution in [0.5, 0.6) is 0 Å². The van der Waals surface area contributed by atoms with Gasteiger partial charge in [0.2, 0.25) is 5.91 Å². The first-order valence-corrected chi connectivity index (χ1v) is 6.28. The van der Waals surface area contributed by atoms with E-state index in [1.54, 1.807) is 6.92 Å². The SMILES string of the molecule is CCNC(=O)C(C)NCc1cc(F)cc(Br)c1. The van der Waals surface area contributed by atoms with Gasteiger partial charge in [0.25, 0.3) is 0 Å². The molecule has 1 aromatic carbocycles. The first-order chi connectivity index (χ1) is 8.02. The van der Waals surface area contributed by atoms with Crippen molar-refractivity contribution in [3.8, 4) is 0 Å². The molecule has 0 saturated carbocycles. The molecule has 94 valence electrons. The number of rotatable bonds is 5. The molecule has 1 amide bonds. The van der Waals surface area contributed by atoms with Gasteiger partial charge < -0.3 is 10.6 Å². The molecular weight excluding hydrogens is 287 g/mol. The Morgan fingerprint density at radius 1 is 1.47 bits per heavy atom. The van der Waals surface area contributed by atoms with Crippen LogP contribution < -0.4 is 10.6 Å². The van der Waals surface area contributed by atoms with Crippen molar-refractivity contribution in [1.82, 2.24) is 10.6 Å². The molecule has 0 heterocycles. The average molecular weight is 303 g/mol. The Hall–Kier alpha value is -0.940. The summed E-state index contributed by atoms with van der Waals surface area (Å²) in [7, 11) is 0. The fraction of sp³-hybridized carbons (Fsp3) is 0.417. The molecule has 5 heteroatoms. The Morgan fingerprint density at radius 2 is 2.18 bits per heavy atom. The van der Waals surface area contributed by atoms with E-state index in [4.69, 9.17) is 0 Å². The molecule has 1 rings (SSSR count). The van der Waals surface area contributed by atoms with Crippen LogP contribution in [0.2, 0.25) is 0 Å². The molecule has 0 aliphatic heterocycles. The van der Waals surface area contributed by atoms with Crippen LogP contribution in [-0.4, -0.2) is 18.5 Å². The number of halogens is 2. The van der Waals surface area contributed by atoms with Gasteiger partial charge in [0.1, 0.15) is 5.82 Å². The lowest BCUT2D eigenvalue weighted by Crippen LogP contribution is -2.41. The summed E-state index contributed by atoms with van der Waals surface area (Å²) in [6.45, 7) is 4.71. The summed E-state index contributed by atoms with van der Waals surface area (Å²) < 4.78 is 13.8. The maximum absolute atomic E-state index is 13.1. The van der Waals surface area contributed by atoms with E-state index >= 15 is 0 Å². The summed E-state index contributed by atoms with van der Waals surface area (Å²) in [6.07, 6.45) is 0. The van der Waals surface area contributed by atoms with E-state index in [-0.39, 0.29) is 17.8 Å². The van der Waals surface area contributed by atoms with Crippen LogP contribution >= 0.6 is 15.9 Å². The Morgan fingerprint density at radius 3 is 2.76 bits per heavy atom. The normalized spacial score (nSPS) is 12.2. The van der Waals surface area contributed by atoms with Crippen LogP contribution in [0, 0.1) is 5.82 Å². The van der Waals surface area contributed by atoms with Crippen molar-refractivity contribution in [1.29, 1.82) is 0 Å². The van der Waals surface area contributed by atoms with E-state index in [0.717, 1.165) is 5.56 Å². The first-order valence-electron chi connectivity index (χ1n) is 5.49. The van der Waals surface area contributed by atoms with Gasteiger partial charge in [0.15, 0.2) is 0 Å². The van der Waals surface area contributed by atoms with Crippen molar-refractivity contribution < 1.29 is 9.18 Å². The number of carbonyl (C=O) groups is 1. The van der Waals surface area contributed by atoms with Crippen LogP contribution in [0.1, 0.15) is 19.4 Å². The minimum atomic E-state index is -0.294. The standard InChI is InChI=1S/C12H16BrFN2O/c1-3-15-12(17)8(2)16-7-9-4-10(13)6-11(14)5-9/h4-6,8,16H,3,7H2,1-2H3,(H,15,17). The molecule has 0 aliphatic rings. The van der Waals surface area contributed by atoms with Gasteiger partial charge in [-0.25, -0.2) is 4.39 Å². The fourth-order valence-electron chi connectivity index (χ4n) is 1.40. The predicted octanol–water partition coefficient (Wildman–Crippen LogP) is 2.20. The lowest BCUT2D eigenvalue weighted by molar-refractivity contribution is -0.122. The Bertz CT molecular complexity index is 378. The molecule has 0 aliphatic carbocycles. The number of hydrogen-bond acceptors (Lipinski definition) is 2. The first kappa shape index (κ1) is 14.1. The molecule has 17 heavy (non-hydrogen) atoms. The Balaban J connectivity index is 2.52. The second-order valence-electron chi connectivity index (χ2n) is 3.77. The zero-order chi connectivity index (χ0) is 12.8. The van der Waals surface area contributed by atoms with E-state index in [2.05, 4.69) is 26.6 Å². The highest BCUT2D eigenvalue weighted by molar-refractivity contribution is 9.10. The van der Waals surface area contributed by atoms with E-state index in [1.807, 2.05) is 13.0 Å². The number of nitrogens with one attached hydrogen (secondary N) is 2. The molecule has 0 radical (unpaired) electrons. The number of likely N-dealkylation sites (N-methyl/N-ethyl adjacent to an activating group) is 1. The summed E-state index contributed by atoms with van der Waals surface area (Å²) in [5.74, 6) is -0.343. The molecule has 2 N–H and O–H groups in total. The molecule has 0 spiro atoms. The fourth-order valence-corrected chi connectivity index (χ4v) is 1.92. The molecule has 0 fully saturated rings. The largest absolute Gasteiger partial charge is 0.355 e. The Labute approximate surface area is 109 Å². The molecule has 1 aromatic rings. The smallest absolute Gasteiger partial charge is 0.236 e. The predicted molar refractivity (Wildman–Crippen MR) is 69.1 cm³/mol. The lowest BCUT2D eigenvalue weighted by Gasteiger charge is -2.13. The van der Waals surface area contributed by atoms with Crippen LogP contribution in [0.3, 0.4) is 0 Å². The van der Waals surface area contributed by atoms with Gasteiger partial charge in [-0.05, 0) is 37.6 Å². The van der Waals surface area contributed by atoms with Crippen LogP contribution in [0.4, 0.5) is 4.39 Å². The maximum Gasteiger partial charge on any atom is 0.236 e. The van der Waals surface area contributed by atoms with Gasteiger partial charge in [-0.3, -0.25) is 4.79 Å². The van der Waals surface area contributed by atoms with E-state index in [9.17, 15) is 9.18 Å². The number of carbonyl (C=O) groups excluding carboxylic acids is 1. The topological polar surface area (TPSA) is 41.1 Å². The van der Waals surface area contributed by atoms with E-state index < -0.39 is 0 Å². The highest BCUT2D eigenvalue weighted by atomic mass is 79.9. The van der Waals surface area contributed by atoms with Crippen molar-refractivity contribution in [2.24, 2.45) is 0 Å². The zero-order valence-corrected chi connectivity index (χ0v) is 11.5. The minimum absolute atomic E-state index is 0.0528. The van der Waals surface area contributed by atoms with Gasteiger partial charge in [-0.2, -0.15) is 0 Å². The molecule has 0 saturated heterocycles. The van der Waals surface area contributed by atoms with Crippen molar-refractivity contribution in [3.63, 3.8) is 0 Å². The lowest BCUT2D eigenvalue weighted by atomic mass is 10.2. The number of benzene rings is 1. The van der Waals surface area contributed by atoms with Crippen LogP contribution in [-0.2, 0) is 11.3 Å². The number of hydrogen-bond donors (Lipinski definition) is 2. The second-order valence-corrected chi connectivity index (χ2v) is 4.69. The molecular formula is C12H16BrFN2O. The summed E-state index contributed by atoms with van der Waals surface area (Å²) in [4.78, 5) is 11.4. The van der Waals surface area contributed by atoms with Crippen LogP contribution in [0.25, 0.3) is 0 Å². The maximum atomic E-state index is 13.1. The second kappa shape index (κ2) is 6.71.